The van der Waals surface area contributed by atoms with Crippen LogP contribution in [0.15, 0.2) is 24.7 Å². The fourth-order valence-electron chi connectivity index (χ4n) is 4.36. The Morgan fingerprint density at radius 2 is 2.19 bits per heavy atom. The second kappa shape index (κ2) is 6.09. The van der Waals surface area contributed by atoms with Gasteiger partial charge in [0, 0.05) is 31.8 Å². The zero-order chi connectivity index (χ0) is 17.7. The van der Waals surface area contributed by atoms with Crippen LogP contribution in [0.2, 0.25) is 0 Å². The maximum atomic E-state index is 12.9. The summed E-state index contributed by atoms with van der Waals surface area (Å²) in [6.45, 7) is 5.09. The summed E-state index contributed by atoms with van der Waals surface area (Å²) in [5.74, 6) is 2.00. The molecule has 0 saturated carbocycles. The van der Waals surface area contributed by atoms with Crippen molar-refractivity contribution in [3.05, 3.63) is 30.5 Å². The Morgan fingerprint density at radius 3 is 3.04 bits per heavy atom. The first-order chi connectivity index (χ1) is 12.7. The molecule has 0 bridgehead atoms. The SMILES string of the molecule is C[C@@H]1CCN(C(=O)[C@@H]2CCOC2)C[C@@H]1c1ncc2cnc3[nH]ccc3n12. The zero-order valence-corrected chi connectivity index (χ0v) is 14.9. The van der Waals surface area contributed by atoms with Crippen molar-refractivity contribution in [3.63, 3.8) is 0 Å². The number of carbonyl (C=O) groups is 1. The molecule has 0 radical (unpaired) electrons. The van der Waals surface area contributed by atoms with E-state index in [9.17, 15) is 4.79 Å². The van der Waals surface area contributed by atoms with Crippen molar-refractivity contribution in [1.29, 1.82) is 0 Å². The van der Waals surface area contributed by atoms with Gasteiger partial charge in [-0.25, -0.2) is 9.97 Å². The number of rotatable bonds is 2. The maximum Gasteiger partial charge on any atom is 0.228 e. The minimum atomic E-state index is 0.0293. The molecule has 2 saturated heterocycles. The molecule has 0 aromatic carbocycles. The lowest BCUT2D eigenvalue weighted by molar-refractivity contribution is -0.137. The Morgan fingerprint density at radius 1 is 1.31 bits per heavy atom. The normalized spacial score (nSPS) is 26.8. The molecule has 7 nitrogen and oxygen atoms in total. The number of aromatic nitrogens is 4. The van der Waals surface area contributed by atoms with Crippen molar-refractivity contribution in [1.82, 2.24) is 24.3 Å². The van der Waals surface area contributed by atoms with Crippen LogP contribution in [0, 0.1) is 11.8 Å². The van der Waals surface area contributed by atoms with Crippen molar-refractivity contribution < 1.29 is 9.53 Å². The van der Waals surface area contributed by atoms with Crippen molar-refractivity contribution >= 4 is 22.6 Å². The Kier molecular flexibility index (Phi) is 3.70. The van der Waals surface area contributed by atoms with Crippen LogP contribution in [-0.4, -0.2) is 56.5 Å². The Balaban J connectivity index is 1.51. The first-order valence-electron chi connectivity index (χ1n) is 9.38. The highest BCUT2D eigenvalue weighted by molar-refractivity contribution is 5.79. The third kappa shape index (κ3) is 2.41. The van der Waals surface area contributed by atoms with Gasteiger partial charge in [-0.1, -0.05) is 6.92 Å². The van der Waals surface area contributed by atoms with Crippen molar-refractivity contribution in [2.75, 3.05) is 26.3 Å². The summed E-state index contributed by atoms with van der Waals surface area (Å²) >= 11 is 0. The fraction of sp³-hybridized carbons (Fsp3) is 0.526. The van der Waals surface area contributed by atoms with Crippen molar-refractivity contribution in [3.8, 4) is 0 Å². The van der Waals surface area contributed by atoms with Gasteiger partial charge in [-0.3, -0.25) is 9.20 Å². The first-order valence-corrected chi connectivity index (χ1v) is 9.38. The van der Waals surface area contributed by atoms with E-state index in [1.807, 2.05) is 29.6 Å². The third-order valence-electron chi connectivity index (χ3n) is 5.97. The molecule has 3 aromatic rings. The topological polar surface area (TPSA) is 75.5 Å². The molecular weight excluding hydrogens is 330 g/mol. The number of hydrogen-bond acceptors (Lipinski definition) is 4. The number of nitrogens with one attached hydrogen (secondary N) is 1. The highest BCUT2D eigenvalue weighted by atomic mass is 16.5. The maximum absolute atomic E-state index is 12.9. The smallest absolute Gasteiger partial charge is 0.228 e. The molecule has 5 rings (SSSR count). The van der Waals surface area contributed by atoms with Crippen LogP contribution in [0.4, 0.5) is 0 Å². The van der Waals surface area contributed by atoms with Gasteiger partial charge in [0.25, 0.3) is 0 Å². The summed E-state index contributed by atoms with van der Waals surface area (Å²) in [5.41, 5.74) is 2.89. The summed E-state index contributed by atoms with van der Waals surface area (Å²) in [6, 6.07) is 2.03. The van der Waals surface area contributed by atoms with Gasteiger partial charge in [0.1, 0.15) is 5.82 Å². The highest BCUT2D eigenvalue weighted by Gasteiger charge is 2.36. The minimum absolute atomic E-state index is 0.0293. The van der Waals surface area contributed by atoms with Gasteiger partial charge in [0.2, 0.25) is 5.91 Å². The minimum Gasteiger partial charge on any atom is -0.381 e. The number of imidazole rings is 1. The molecular formula is C19H23N5O2. The molecule has 3 aromatic heterocycles. The van der Waals surface area contributed by atoms with E-state index in [4.69, 9.17) is 9.72 Å². The van der Waals surface area contributed by atoms with Crippen LogP contribution in [0.1, 0.15) is 31.5 Å². The number of amides is 1. The molecule has 3 atom stereocenters. The second-order valence-corrected chi connectivity index (χ2v) is 7.56. The van der Waals surface area contributed by atoms with E-state index in [1.54, 1.807) is 0 Å². The van der Waals surface area contributed by atoms with Crippen LogP contribution < -0.4 is 0 Å². The van der Waals surface area contributed by atoms with Crippen LogP contribution >= 0.6 is 0 Å². The average Bonchev–Trinajstić information content (AvgIpc) is 3.40. The van der Waals surface area contributed by atoms with Gasteiger partial charge in [0.15, 0.2) is 5.65 Å². The van der Waals surface area contributed by atoms with E-state index < -0.39 is 0 Å². The molecule has 2 aliphatic heterocycles. The van der Waals surface area contributed by atoms with Gasteiger partial charge in [-0.2, -0.15) is 0 Å². The van der Waals surface area contributed by atoms with Crippen LogP contribution in [0.25, 0.3) is 16.7 Å². The summed E-state index contributed by atoms with van der Waals surface area (Å²) in [6.07, 6.45) is 7.48. The van der Waals surface area contributed by atoms with E-state index in [1.165, 1.54) is 0 Å². The van der Waals surface area contributed by atoms with Crippen molar-refractivity contribution in [2.24, 2.45) is 11.8 Å². The van der Waals surface area contributed by atoms with Crippen LogP contribution in [-0.2, 0) is 9.53 Å². The number of likely N-dealkylation sites (tertiary alicyclic amines) is 1. The molecule has 2 aliphatic rings. The molecule has 7 heteroatoms. The second-order valence-electron chi connectivity index (χ2n) is 7.56. The molecule has 1 N–H and O–H groups in total. The van der Waals surface area contributed by atoms with E-state index in [0.717, 1.165) is 48.4 Å². The molecule has 0 spiro atoms. The third-order valence-corrected chi connectivity index (χ3v) is 5.97. The molecule has 0 unspecified atom stereocenters. The number of carbonyl (C=O) groups excluding carboxylic acids is 1. The summed E-state index contributed by atoms with van der Waals surface area (Å²) in [4.78, 5) is 27.2. The van der Waals surface area contributed by atoms with Crippen LogP contribution in [0.5, 0.6) is 0 Å². The molecule has 2 fully saturated rings. The van der Waals surface area contributed by atoms with Gasteiger partial charge in [0.05, 0.1) is 36.0 Å². The Hall–Kier alpha value is -2.41. The number of fused-ring (bicyclic) bond motifs is 3. The van der Waals surface area contributed by atoms with Gasteiger partial charge >= 0.3 is 0 Å². The Labute approximate surface area is 151 Å². The van der Waals surface area contributed by atoms with E-state index in [-0.39, 0.29) is 17.7 Å². The lowest BCUT2D eigenvalue weighted by Gasteiger charge is -2.37. The van der Waals surface area contributed by atoms with Gasteiger partial charge < -0.3 is 14.6 Å². The molecule has 136 valence electrons. The number of H-pyrrole nitrogens is 1. The number of piperidine rings is 1. The predicted molar refractivity (Wildman–Crippen MR) is 96.9 cm³/mol. The van der Waals surface area contributed by atoms with Gasteiger partial charge in [-0.15, -0.1) is 0 Å². The fourth-order valence-corrected chi connectivity index (χ4v) is 4.36. The average molecular weight is 353 g/mol. The molecule has 1 amide bonds. The van der Waals surface area contributed by atoms with E-state index >= 15 is 0 Å². The van der Waals surface area contributed by atoms with E-state index in [2.05, 4.69) is 21.3 Å². The number of ether oxygens (including phenoxy) is 1. The molecule has 0 aliphatic carbocycles. The Bertz CT molecular complexity index is 955. The number of hydrogen-bond donors (Lipinski definition) is 1. The van der Waals surface area contributed by atoms with Crippen LogP contribution in [0.3, 0.4) is 0 Å². The summed E-state index contributed by atoms with van der Waals surface area (Å²) < 4.78 is 7.60. The highest BCUT2D eigenvalue weighted by Crippen LogP contribution is 2.34. The monoisotopic (exact) mass is 353 g/mol. The summed E-state index contributed by atoms with van der Waals surface area (Å²) in [7, 11) is 0. The predicted octanol–water partition coefficient (Wildman–Crippen LogP) is 2.20. The largest absolute Gasteiger partial charge is 0.381 e. The standard InChI is InChI=1S/C19H23N5O2/c1-12-3-6-23(19(25)13-4-7-26-11-13)10-15(12)18-22-9-14-8-21-17-16(24(14)18)2-5-20-17/h2,5,8-9,12-13,15,20H,3-4,6-7,10-11H2,1H3/t12-,13-,15+/m1/s1. The molecule has 26 heavy (non-hydrogen) atoms. The van der Waals surface area contributed by atoms with Crippen molar-refractivity contribution in [2.45, 2.75) is 25.7 Å². The lowest BCUT2D eigenvalue weighted by Crippen LogP contribution is -2.45. The quantitative estimate of drug-likeness (QED) is 0.766. The summed E-state index contributed by atoms with van der Waals surface area (Å²) in [5, 5.41) is 0. The first kappa shape index (κ1) is 15.8. The lowest BCUT2D eigenvalue weighted by atomic mass is 9.85. The zero-order valence-electron chi connectivity index (χ0n) is 14.9. The van der Waals surface area contributed by atoms with Gasteiger partial charge in [-0.05, 0) is 24.8 Å². The number of nitrogens with zero attached hydrogens (tertiary/aromatic N) is 4. The van der Waals surface area contributed by atoms with E-state index in [0.29, 0.717) is 19.1 Å². The molecule has 5 heterocycles. The number of aromatic amines is 1.